The molecule has 0 atom stereocenters. The van der Waals surface area contributed by atoms with Crippen LogP contribution in [0.4, 0.5) is 0 Å². The van der Waals surface area contributed by atoms with Gasteiger partial charge in [0.2, 0.25) is 10.6 Å². The Kier molecular flexibility index (Phi) is 4.23. The average Bonchev–Trinajstić information content (AvgIpc) is 2.83. The van der Waals surface area contributed by atoms with Crippen LogP contribution in [-0.2, 0) is 0 Å². The van der Waals surface area contributed by atoms with Crippen LogP contribution in [0.1, 0.15) is 17.7 Å². The number of rotatable bonds is 2. The van der Waals surface area contributed by atoms with Crippen LogP contribution in [0.5, 0.6) is 0 Å². The van der Waals surface area contributed by atoms with E-state index in [4.69, 9.17) is 23.2 Å². The lowest BCUT2D eigenvalue weighted by Crippen LogP contribution is -1.97. The molecule has 0 saturated heterocycles. The summed E-state index contributed by atoms with van der Waals surface area (Å²) in [6.07, 6.45) is 9.64. The van der Waals surface area contributed by atoms with Gasteiger partial charge in [-0.2, -0.15) is 15.0 Å². The minimum absolute atomic E-state index is 0.0789. The summed E-state index contributed by atoms with van der Waals surface area (Å²) in [4.78, 5) is 12.3. The second kappa shape index (κ2) is 6.89. The van der Waals surface area contributed by atoms with Crippen LogP contribution in [-0.4, -0.2) is 19.5 Å². The summed E-state index contributed by atoms with van der Waals surface area (Å²) in [5.41, 5.74) is 5.34. The van der Waals surface area contributed by atoms with Crippen molar-refractivity contribution in [1.29, 1.82) is 0 Å². The van der Waals surface area contributed by atoms with Crippen LogP contribution in [0.2, 0.25) is 10.6 Å². The van der Waals surface area contributed by atoms with E-state index in [-0.39, 0.29) is 10.6 Å². The molecule has 1 aliphatic rings. The van der Waals surface area contributed by atoms with Crippen molar-refractivity contribution in [2.24, 2.45) is 0 Å². The van der Waals surface area contributed by atoms with Crippen LogP contribution in [0, 0.1) is 0 Å². The van der Waals surface area contributed by atoms with Gasteiger partial charge in [0.25, 0.3) is 0 Å². The molecular formula is C22H14Cl2N4. The van der Waals surface area contributed by atoms with Crippen molar-refractivity contribution in [2.75, 3.05) is 0 Å². The zero-order valence-electron chi connectivity index (χ0n) is 14.7. The van der Waals surface area contributed by atoms with Crippen LogP contribution < -0.4 is 0 Å². The highest BCUT2D eigenvalue weighted by atomic mass is 35.5. The molecule has 28 heavy (non-hydrogen) atoms. The van der Waals surface area contributed by atoms with Crippen molar-refractivity contribution in [3.63, 3.8) is 0 Å². The van der Waals surface area contributed by atoms with E-state index in [9.17, 15) is 0 Å². The number of fused-ring (bicyclic) bond motifs is 3. The number of benzene rings is 2. The third kappa shape index (κ3) is 2.91. The number of halogens is 2. The molecule has 0 fully saturated rings. The molecule has 0 N–H and O–H groups in total. The van der Waals surface area contributed by atoms with Crippen LogP contribution in [0.15, 0.2) is 60.7 Å². The minimum Gasteiger partial charge on any atom is -0.309 e. The second-order valence-electron chi connectivity index (χ2n) is 6.44. The molecule has 0 radical (unpaired) electrons. The van der Waals surface area contributed by atoms with Gasteiger partial charge < -0.3 is 4.57 Å². The van der Waals surface area contributed by atoms with Crippen LogP contribution in [0.25, 0.3) is 40.1 Å². The van der Waals surface area contributed by atoms with Gasteiger partial charge in [0.1, 0.15) is 0 Å². The summed E-state index contributed by atoms with van der Waals surface area (Å²) in [7, 11) is 0. The predicted molar refractivity (Wildman–Crippen MR) is 115 cm³/mol. The first-order valence-electron chi connectivity index (χ1n) is 8.85. The molecule has 5 rings (SSSR count). The van der Waals surface area contributed by atoms with Crippen LogP contribution >= 0.6 is 23.2 Å². The maximum atomic E-state index is 5.98. The number of hydrogen-bond donors (Lipinski definition) is 0. The van der Waals surface area contributed by atoms with Gasteiger partial charge in [0, 0.05) is 22.2 Å². The van der Waals surface area contributed by atoms with Crippen molar-refractivity contribution < 1.29 is 0 Å². The zero-order valence-corrected chi connectivity index (χ0v) is 16.2. The summed E-state index contributed by atoms with van der Waals surface area (Å²) in [5, 5.41) is 1.32. The van der Waals surface area contributed by atoms with E-state index in [1.165, 1.54) is 5.56 Å². The Morgan fingerprint density at radius 3 is 2.36 bits per heavy atom. The number of para-hydroxylation sites is 1. The summed E-state index contributed by atoms with van der Waals surface area (Å²) in [5.74, 6) is 0.453. The Bertz CT molecular complexity index is 1240. The van der Waals surface area contributed by atoms with Gasteiger partial charge in [0.05, 0.1) is 11.2 Å². The fourth-order valence-electron chi connectivity index (χ4n) is 3.57. The monoisotopic (exact) mass is 404 g/mol. The SMILES string of the molecule is Clc1nc(Cl)nc(-c2ccc3c4c(n(-c5ccccc5)c3c2)C=CCC=C4)n1. The molecule has 6 heteroatoms. The predicted octanol–water partition coefficient (Wildman–Crippen LogP) is 6.22. The topological polar surface area (TPSA) is 43.6 Å². The van der Waals surface area contributed by atoms with E-state index in [1.807, 2.05) is 24.3 Å². The number of aromatic nitrogens is 4. The minimum atomic E-state index is 0.0789. The number of hydrogen-bond acceptors (Lipinski definition) is 3. The van der Waals surface area contributed by atoms with E-state index in [1.54, 1.807) is 0 Å². The Morgan fingerprint density at radius 1 is 0.821 bits per heavy atom. The highest BCUT2D eigenvalue weighted by Crippen LogP contribution is 2.35. The molecule has 0 unspecified atom stereocenters. The first kappa shape index (κ1) is 17.2. The Hall–Kier alpha value is -2.95. The summed E-state index contributed by atoms with van der Waals surface area (Å²) < 4.78 is 2.25. The highest BCUT2D eigenvalue weighted by Gasteiger charge is 2.17. The molecule has 2 aromatic carbocycles. The quantitative estimate of drug-likeness (QED) is 0.398. The van der Waals surface area contributed by atoms with Crippen molar-refractivity contribution in [3.05, 3.63) is 82.5 Å². The zero-order chi connectivity index (χ0) is 19.1. The average molecular weight is 405 g/mol. The summed E-state index contributed by atoms with van der Waals surface area (Å²) in [6.45, 7) is 0. The van der Waals surface area contributed by atoms with Crippen LogP contribution in [0.3, 0.4) is 0 Å². The first-order valence-corrected chi connectivity index (χ1v) is 9.61. The largest absolute Gasteiger partial charge is 0.309 e. The third-order valence-corrected chi connectivity index (χ3v) is 5.07. The van der Waals surface area contributed by atoms with Gasteiger partial charge in [-0.1, -0.05) is 48.6 Å². The normalized spacial score (nSPS) is 12.9. The van der Waals surface area contributed by atoms with E-state index in [2.05, 4.69) is 68.1 Å². The molecule has 0 aliphatic heterocycles. The summed E-state index contributed by atoms with van der Waals surface area (Å²) in [6, 6.07) is 16.5. The molecule has 0 saturated carbocycles. The van der Waals surface area contributed by atoms with Crippen molar-refractivity contribution in [1.82, 2.24) is 19.5 Å². The van der Waals surface area contributed by atoms with Gasteiger partial charge in [0.15, 0.2) is 5.82 Å². The van der Waals surface area contributed by atoms with Gasteiger partial charge in [-0.25, -0.2) is 0 Å². The molecule has 4 aromatic rings. The third-order valence-electron chi connectivity index (χ3n) is 4.73. The Balaban J connectivity index is 1.83. The second-order valence-corrected chi connectivity index (χ2v) is 7.12. The lowest BCUT2D eigenvalue weighted by Gasteiger charge is -2.09. The summed E-state index contributed by atoms with van der Waals surface area (Å²) >= 11 is 12.0. The van der Waals surface area contributed by atoms with Gasteiger partial charge in [-0.05, 0) is 53.9 Å². The molecule has 0 spiro atoms. The maximum Gasteiger partial charge on any atom is 0.227 e. The molecule has 1 aliphatic carbocycles. The van der Waals surface area contributed by atoms with E-state index in [0.717, 1.165) is 34.3 Å². The fourth-order valence-corrected chi connectivity index (χ4v) is 3.93. The first-order chi connectivity index (χ1) is 13.7. The smallest absolute Gasteiger partial charge is 0.227 e. The number of allylic oxidation sites excluding steroid dienone is 2. The molecular weight excluding hydrogens is 391 g/mol. The lowest BCUT2D eigenvalue weighted by atomic mass is 10.1. The highest BCUT2D eigenvalue weighted by molar-refractivity contribution is 6.31. The van der Waals surface area contributed by atoms with E-state index < -0.39 is 0 Å². The van der Waals surface area contributed by atoms with E-state index in [0.29, 0.717) is 5.82 Å². The Labute approximate surface area is 171 Å². The number of nitrogens with zero attached hydrogens (tertiary/aromatic N) is 4. The lowest BCUT2D eigenvalue weighted by molar-refractivity contribution is 1.06. The van der Waals surface area contributed by atoms with Crippen molar-refractivity contribution >= 4 is 46.3 Å². The van der Waals surface area contributed by atoms with Gasteiger partial charge in [-0.3, -0.25) is 0 Å². The molecule has 2 aromatic heterocycles. The molecule has 136 valence electrons. The van der Waals surface area contributed by atoms with Crippen molar-refractivity contribution in [3.8, 4) is 17.1 Å². The standard InChI is InChI=1S/C22H14Cl2N4/c23-21-25-20(26-22(24)27-21)14-11-12-17-16-9-5-2-6-10-18(16)28(19(17)13-14)15-7-3-1-4-8-15/h1,3-13H,2H2. The molecule has 0 amide bonds. The Morgan fingerprint density at radius 2 is 1.57 bits per heavy atom. The van der Waals surface area contributed by atoms with Gasteiger partial charge in [-0.15, -0.1) is 0 Å². The molecule has 2 heterocycles. The van der Waals surface area contributed by atoms with Crippen molar-refractivity contribution in [2.45, 2.75) is 6.42 Å². The molecule has 4 nitrogen and oxygen atoms in total. The molecule has 0 bridgehead atoms. The fraction of sp³-hybridized carbons (Fsp3) is 0.0455. The van der Waals surface area contributed by atoms with Gasteiger partial charge >= 0.3 is 0 Å². The van der Waals surface area contributed by atoms with E-state index >= 15 is 0 Å². The maximum absolute atomic E-state index is 5.98.